The van der Waals surface area contributed by atoms with Crippen molar-refractivity contribution < 1.29 is 39.5 Å². The van der Waals surface area contributed by atoms with E-state index in [1.165, 1.54) is 4.90 Å². The Kier molecular flexibility index (Phi) is 9.03. The Bertz CT molecular complexity index is 1540. The SMILES string of the molecule is CCN(CC1CCCC1)c1nc2ccccc2cc1CN(Cc1cc(C(F)(F)F)cc(C(F)(F)F)c1)c1nc(C(F)F)co1. The fourth-order valence-corrected chi connectivity index (χ4v) is 5.66. The maximum atomic E-state index is 13.6. The molecular weight excluding hydrogens is 596 g/mol. The number of hydrogen-bond acceptors (Lipinski definition) is 5. The van der Waals surface area contributed by atoms with E-state index in [1.807, 2.05) is 37.3 Å². The molecule has 0 spiro atoms. The Hall–Kier alpha value is -3.90. The quantitative estimate of drug-likeness (QED) is 0.164. The van der Waals surface area contributed by atoms with Crippen LogP contribution in [-0.2, 0) is 25.4 Å². The van der Waals surface area contributed by atoms with Gasteiger partial charge in [-0.05, 0) is 61.6 Å². The lowest BCUT2D eigenvalue weighted by Crippen LogP contribution is -2.31. The molecule has 0 N–H and O–H groups in total. The molecule has 0 unspecified atom stereocenters. The zero-order valence-electron chi connectivity index (χ0n) is 23.7. The first-order valence-corrected chi connectivity index (χ1v) is 14.2. The third-order valence-corrected chi connectivity index (χ3v) is 7.80. The summed E-state index contributed by atoms with van der Waals surface area (Å²) in [6.07, 6.45) is -8.00. The lowest BCUT2D eigenvalue weighted by Gasteiger charge is -2.30. The first-order valence-electron chi connectivity index (χ1n) is 14.2. The minimum atomic E-state index is -5.05. The van der Waals surface area contributed by atoms with Crippen molar-refractivity contribution in [2.24, 2.45) is 5.92 Å². The van der Waals surface area contributed by atoms with Crippen molar-refractivity contribution >= 4 is 22.7 Å². The first-order chi connectivity index (χ1) is 20.8. The van der Waals surface area contributed by atoms with Crippen molar-refractivity contribution in [3.05, 3.63) is 82.7 Å². The number of fused-ring (bicyclic) bond motifs is 1. The molecule has 1 aliphatic rings. The van der Waals surface area contributed by atoms with E-state index in [-0.39, 0.29) is 24.2 Å². The fraction of sp³-hybridized carbons (Fsp3) is 0.419. The molecule has 2 heterocycles. The number of hydrogen-bond donors (Lipinski definition) is 0. The fourth-order valence-electron chi connectivity index (χ4n) is 5.66. The number of alkyl halides is 8. The minimum Gasteiger partial charge on any atom is -0.432 e. The van der Waals surface area contributed by atoms with Crippen molar-refractivity contribution in [1.82, 2.24) is 9.97 Å². The van der Waals surface area contributed by atoms with Gasteiger partial charge in [-0.15, -0.1) is 0 Å². The van der Waals surface area contributed by atoms with Crippen LogP contribution in [0.3, 0.4) is 0 Å². The molecule has 1 fully saturated rings. The lowest BCUT2D eigenvalue weighted by atomic mass is 10.0. The van der Waals surface area contributed by atoms with Crippen LogP contribution in [0.5, 0.6) is 0 Å². The van der Waals surface area contributed by atoms with Gasteiger partial charge in [0.25, 0.3) is 12.4 Å². The van der Waals surface area contributed by atoms with E-state index in [4.69, 9.17) is 9.40 Å². The maximum Gasteiger partial charge on any atom is 0.416 e. The van der Waals surface area contributed by atoms with Gasteiger partial charge in [-0.2, -0.15) is 31.3 Å². The molecule has 13 heteroatoms. The van der Waals surface area contributed by atoms with Crippen molar-refractivity contribution in [3.63, 3.8) is 0 Å². The van der Waals surface area contributed by atoms with E-state index < -0.39 is 42.1 Å². The standard InChI is InChI=1S/C31H30F8N4O/c1-2-42(15-19-7-3-4-8-19)28-22(13-21-9-5-6-10-25(21)40-28)17-43(29-41-26(18-44-29)27(32)33)16-20-11-23(30(34,35)36)14-24(12-20)31(37,38)39/h5-6,9-14,18-19,27H,2-4,7-8,15-17H2,1H3. The molecule has 0 atom stereocenters. The summed E-state index contributed by atoms with van der Waals surface area (Å²) in [6, 6.07) is 10.0. The third-order valence-electron chi connectivity index (χ3n) is 7.80. The minimum absolute atomic E-state index is 0.0430. The molecule has 1 saturated carbocycles. The molecular formula is C31H30F8N4O. The number of anilines is 2. The number of oxazole rings is 1. The van der Waals surface area contributed by atoms with Gasteiger partial charge in [-0.3, -0.25) is 0 Å². The summed E-state index contributed by atoms with van der Waals surface area (Å²) in [6.45, 7) is 2.59. The summed E-state index contributed by atoms with van der Waals surface area (Å²) < 4.78 is 114. The molecule has 0 aliphatic heterocycles. The van der Waals surface area contributed by atoms with Crippen LogP contribution >= 0.6 is 0 Å². The van der Waals surface area contributed by atoms with Gasteiger partial charge in [-0.25, -0.2) is 13.8 Å². The van der Waals surface area contributed by atoms with Crippen molar-refractivity contribution in [1.29, 1.82) is 0 Å². The molecule has 44 heavy (non-hydrogen) atoms. The van der Waals surface area contributed by atoms with Crippen LogP contribution in [0.2, 0.25) is 0 Å². The second kappa shape index (κ2) is 12.6. The Morgan fingerprint density at radius 1 is 0.864 bits per heavy atom. The van der Waals surface area contributed by atoms with Crippen LogP contribution in [0.1, 0.15) is 67.0 Å². The summed E-state index contributed by atoms with van der Waals surface area (Å²) in [7, 11) is 0. The Labute approximate surface area is 248 Å². The van der Waals surface area contributed by atoms with Crippen LogP contribution in [0.4, 0.5) is 47.0 Å². The van der Waals surface area contributed by atoms with Gasteiger partial charge in [-0.1, -0.05) is 31.0 Å². The summed E-state index contributed by atoms with van der Waals surface area (Å²) in [5.74, 6) is 1.03. The molecule has 0 radical (unpaired) electrons. The second-order valence-electron chi connectivity index (χ2n) is 11.0. The highest BCUT2D eigenvalue weighted by Gasteiger charge is 2.37. The third kappa shape index (κ3) is 7.24. The van der Waals surface area contributed by atoms with Crippen LogP contribution < -0.4 is 9.80 Å². The van der Waals surface area contributed by atoms with Gasteiger partial charge >= 0.3 is 12.4 Å². The summed E-state index contributed by atoms with van der Waals surface area (Å²) >= 11 is 0. The maximum absolute atomic E-state index is 13.6. The molecule has 0 saturated heterocycles. The predicted molar refractivity (Wildman–Crippen MR) is 149 cm³/mol. The highest BCUT2D eigenvalue weighted by molar-refractivity contribution is 5.82. The molecule has 2 aromatic heterocycles. The van der Waals surface area contributed by atoms with Gasteiger partial charge in [0.05, 0.1) is 23.2 Å². The molecule has 5 rings (SSSR count). The molecule has 1 aliphatic carbocycles. The monoisotopic (exact) mass is 626 g/mol. The molecule has 236 valence electrons. The summed E-state index contributed by atoms with van der Waals surface area (Å²) in [4.78, 5) is 12.1. The smallest absolute Gasteiger partial charge is 0.416 e. The van der Waals surface area contributed by atoms with E-state index >= 15 is 0 Å². The number of nitrogens with zero attached hydrogens (tertiary/aromatic N) is 4. The summed E-state index contributed by atoms with van der Waals surface area (Å²) in [5, 5.41) is 0.752. The van der Waals surface area contributed by atoms with Crippen molar-refractivity contribution in [3.8, 4) is 0 Å². The highest BCUT2D eigenvalue weighted by Crippen LogP contribution is 2.38. The van der Waals surface area contributed by atoms with E-state index in [9.17, 15) is 35.1 Å². The molecule has 4 aromatic rings. The molecule has 2 aromatic carbocycles. The van der Waals surface area contributed by atoms with Gasteiger partial charge in [0.2, 0.25) is 0 Å². The lowest BCUT2D eigenvalue weighted by molar-refractivity contribution is -0.143. The van der Waals surface area contributed by atoms with Crippen LogP contribution in [0.15, 0.2) is 59.2 Å². The van der Waals surface area contributed by atoms with E-state index in [2.05, 4.69) is 9.88 Å². The number of para-hydroxylation sites is 1. The summed E-state index contributed by atoms with van der Waals surface area (Å²) in [5.41, 5.74) is -2.74. The number of aromatic nitrogens is 2. The van der Waals surface area contributed by atoms with Gasteiger partial charge in [0.15, 0.2) is 0 Å². The van der Waals surface area contributed by atoms with E-state index in [1.54, 1.807) is 0 Å². The Balaban J connectivity index is 1.60. The predicted octanol–water partition coefficient (Wildman–Crippen LogP) is 9.42. The van der Waals surface area contributed by atoms with Gasteiger partial charge < -0.3 is 14.2 Å². The Morgan fingerprint density at radius 3 is 2.11 bits per heavy atom. The second-order valence-corrected chi connectivity index (χ2v) is 11.0. The van der Waals surface area contributed by atoms with E-state index in [0.29, 0.717) is 48.0 Å². The molecule has 0 amide bonds. The molecule has 0 bridgehead atoms. The van der Waals surface area contributed by atoms with Crippen molar-refractivity contribution in [2.75, 3.05) is 22.9 Å². The average Bonchev–Trinajstić information content (AvgIpc) is 3.67. The first kappa shape index (κ1) is 31.5. The highest BCUT2D eigenvalue weighted by atomic mass is 19.4. The topological polar surface area (TPSA) is 45.4 Å². The zero-order valence-corrected chi connectivity index (χ0v) is 23.7. The zero-order chi connectivity index (χ0) is 31.6. The van der Waals surface area contributed by atoms with Gasteiger partial charge in [0.1, 0.15) is 17.8 Å². The van der Waals surface area contributed by atoms with Gasteiger partial charge in [0, 0.05) is 30.6 Å². The van der Waals surface area contributed by atoms with E-state index in [0.717, 1.165) is 37.3 Å². The number of pyridine rings is 1. The van der Waals surface area contributed by atoms with Crippen LogP contribution in [-0.4, -0.2) is 23.1 Å². The normalized spacial score (nSPS) is 14.6. The van der Waals surface area contributed by atoms with Crippen LogP contribution in [0.25, 0.3) is 10.9 Å². The number of rotatable bonds is 10. The average molecular weight is 627 g/mol. The number of benzene rings is 2. The largest absolute Gasteiger partial charge is 0.432 e. The number of halogens is 8. The molecule has 5 nitrogen and oxygen atoms in total. The van der Waals surface area contributed by atoms with Crippen molar-refractivity contribution in [2.45, 2.75) is 64.5 Å². The Morgan fingerprint density at radius 2 is 1.52 bits per heavy atom. The van der Waals surface area contributed by atoms with Crippen LogP contribution in [0, 0.1) is 5.92 Å².